The van der Waals surface area contributed by atoms with Crippen LogP contribution >= 0.6 is 23.2 Å². The largest absolute Gasteiger partial charge is 0.478 e. The molecule has 0 saturated carbocycles. The van der Waals surface area contributed by atoms with E-state index in [0.29, 0.717) is 6.42 Å². The Kier molecular flexibility index (Phi) is 7.07. The Labute approximate surface area is 183 Å². The molecule has 0 saturated heterocycles. The molecular formula is C19H17Cl2F3N2O5. The molecule has 0 aliphatic rings. The van der Waals surface area contributed by atoms with Crippen LogP contribution in [0.15, 0.2) is 9.59 Å². The number of halogens is 5. The fourth-order valence-corrected chi connectivity index (χ4v) is 4.15. The molecule has 0 aliphatic heterocycles. The standard InChI is InChI=1S/C19H17Cl2F3N2O5/c1-4-6-8-7(5-2)9(10(15(21)27)11(13(8)20)17(29)30)12-14(19(22,23)24)26(3)18(31)25-16(12)28/h4-6H2,1-3H3,(H,29,30)(H,25,28,31). The molecule has 2 rings (SSSR count). The Balaban J connectivity index is 3.37. The number of aromatic amines is 1. The summed E-state index contributed by atoms with van der Waals surface area (Å²) in [6.45, 7) is 3.28. The number of alkyl halides is 3. The lowest BCUT2D eigenvalue weighted by atomic mass is 9.84. The van der Waals surface area contributed by atoms with Gasteiger partial charge in [-0.2, -0.15) is 13.2 Å². The number of hydrogen-bond acceptors (Lipinski definition) is 4. The van der Waals surface area contributed by atoms with E-state index in [-0.39, 0.29) is 33.6 Å². The molecule has 0 aliphatic carbocycles. The summed E-state index contributed by atoms with van der Waals surface area (Å²) in [5.41, 5.74) is -7.49. The first-order valence-electron chi connectivity index (χ1n) is 9.00. The van der Waals surface area contributed by atoms with Crippen LogP contribution < -0.4 is 11.2 Å². The van der Waals surface area contributed by atoms with Crippen molar-refractivity contribution in [1.29, 1.82) is 0 Å². The molecule has 0 fully saturated rings. The van der Waals surface area contributed by atoms with E-state index in [0.717, 1.165) is 7.05 Å². The molecule has 7 nitrogen and oxygen atoms in total. The van der Waals surface area contributed by atoms with Gasteiger partial charge >= 0.3 is 17.8 Å². The summed E-state index contributed by atoms with van der Waals surface area (Å²) in [5.74, 6) is -1.70. The van der Waals surface area contributed by atoms with Crippen molar-refractivity contribution in [3.8, 4) is 11.1 Å². The quantitative estimate of drug-likeness (QED) is 0.607. The van der Waals surface area contributed by atoms with E-state index in [1.54, 1.807) is 18.8 Å². The molecule has 0 unspecified atom stereocenters. The van der Waals surface area contributed by atoms with Crippen LogP contribution in [0, 0.1) is 0 Å². The van der Waals surface area contributed by atoms with Crippen molar-refractivity contribution in [1.82, 2.24) is 9.55 Å². The predicted molar refractivity (Wildman–Crippen MR) is 108 cm³/mol. The van der Waals surface area contributed by atoms with Gasteiger partial charge < -0.3 is 5.11 Å². The number of carboxylic acids is 1. The molecule has 0 atom stereocenters. The Morgan fingerprint density at radius 3 is 2.10 bits per heavy atom. The molecule has 0 bridgehead atoms. The van der Waals surface area contributed by atoms with E-state index < -0.39 is 56.6 Å². The first kappa shape index (κ1) is 24.7. The number of nitrogens with zero attached hydrogens (tertiary/aromatic N) is 1. The number of carbonyl (C=O) groups excluding carboxylic acids is 1. The van der Waals surface area contributed by atoms with Gasteiger partial charge in [-0.1, -0.05) is 31.9 Å². The van der Waals surface area contributed by atoms with Gasteiger partial charge in [-0.25, -0.2) is 9.59 Å². The van der Waals surface area contributed by atoms with Crippen LogP contribution in [0.2, 0.25) is 5.02 Å². The van der Waals surface area contributed by atoms with Gasteiger partial charge in [-0.05, 0) is 35.6 Å². The van der Waals surface area contributed by atoms with Crippen molar-refractivity contribution in [3.05, 3.63) is 53.8 Å². The molecule has 0 amide bonds. The van der Waals surface area contributed by atoms with Gasteiger partial charge in [0.05, 0.1) is 21.7 Å². The second-order valence-corrected chi connectivity index (χ2v) is 7.34. The number of carbonyl (C=O) groups is 2. The van der Waals surface area contributed by atoms with Crippen molar-refractivity contribution in [2.24, 2.45) is 7.05 Å². The summed E-state index contributed by atoms with van der Waals surface area (Å²) in [4.78, 5) is 50.4. The molecule has 12 heteroatoms. The van der Waals surface area contributed by atoms with Gasteiger partial charge in [-0.3, -0.25) is 19.1 Å². The normalized spacial score (nSPS) is 11.6. The lowest BCUT2D eigenvalue weighted by molar-refractivity contribution is -0.143. The molecule has 31 heavy (non-hydrogen) atoms. The van der Waals surface area contributed by atoms with E-state index >= 15 is 0 Å². The van der Waals surface area contributed by atoms with Crippen LogP contribution in [-0.4, -0.2) is 25.9 Å². The number of rotatable bonds is 6. The van der Waals surface area contributed by atoms with Crippen molar-refractivity contribution in [3.63, 3.8) is 0 Å². The highest BCUT2D eigenvalue weighted by molar-refractivity contribution is 6.69. The maximum Gasteiger partial charge on any atom is 0.432 e. The average Bonchev–Trinajstić information content (AvgIpc) is 2.64. The van der Waals surface area contributed by atoms with Crippen molar-refractivity contribution < 1.29 is 27.9 Å². The Bertz CT molecular complexity index is 1200. The molecule has 2 N–H and O–H groups in total. The van der Waals surface area contributed by atoms with Crippen LogP contribution in [0.3, 0.4) is 0 Å². The second-order valence-electron chi connectivity index (χ2n) is 6.62. The number of aromatic nitrogens is 2. The maximum absolute atomic E-state index is 13.9. The summed E-state index contributed by atoms with van der Waals surface area (Å²) < 4.78 is 42.0. The highest BCUT2D eigenvalue weighted by Crippen LogP contribution is 2.42. The van der Waals surface area contributed by atoms with Crippen LogP contribution in [0.5, 0.6) is 0 Å². The maximum atomic E-state index is 13.9. The van der Waals surface area contributed by atoms with E-state index in [2.05, 4.69) is 0 Å². The van der Waals surface area contributed by atoms with Crippen molar-refractivity contribution in [2.45, 2.75) is 39.3 Å². The summed E-state index contributed by atoms with van der Waals surface area (Å²) in [6.07, 6.45) is -4.59. The fraction of sp³-hybridized carbons (Fsp3) is 0.368. The third-order valence-electron chi connectivity index (χ3n) is 4.76. The smallest absolute Gasteiger partial charge is 0.432 e. The van der Waals surface area contributed by atoms with E-state index in [9.17, 15) is 37.5 Å². The van der Waals surface area contributed by atoms with Gasteiger partial charge in [0, 0.05) is 12.6 Å². The minimum Gasteiger partial charge on any atom is -0.478 e. The van der Waals surface area contributed by atoms with Crippen LogP contribution in [0.4, 0.5) is 13.2 Å². The number of aromatic carboxylic acids is 1. The summed E-state index contributed by atoms with van der Waals surface area (Å²) in [6, 6.07) is 0. The van der Waals surface area contributed by atoms with Gasteiger partial charge in [0.1, 0.15) is 5.69 Å². The van der Waals surface area contributed by atoms with Crippen LogP contribution in [0.25, 0.3) is 11.1 Å². The second kappa shape index (κ2) is 8.88. The van der Waals surface area contributed by atoms with Gasteiger partial charge in [0.2, 0.25) is 0 Å². The third kappa shape index (κ3) is 4.27. The Hall–Kier alpha value is -2.59. The Morgan fingerprint density at radius 2 is 1.68 bits per heavy atom. The number of carboxylic acid groups (broad SMARTS) is 1. The third-order valence-corrected chi connectivity index (χ3v) is 5.36. The topological polar surface area (TPSA) is 109 Å². The number of benzene rings is 1. The van der Waals surface area contributed by atoms with Crippen molar-refractivity contribution in [2.75, 3.05) is 0 Å². The van der Waals surface area contributed by atoms with Gasteiger partial charge in [-0.15, -0.1) is 0 Å². The highest BCUT2D eigenvalue weighted by Gasteiger charge is 2.41. The predicted octanol–water partition coefficient (Wildman–Crippen LogP) is 4.00. The fourth-order valence-electron chi connectivity index (χ4n) is 3.58. The lowest BCUT2D eigenvalue weighted by Gasteiger charge is -2.23. The monoisotopic (exact) mass is 480 g/mol. The minimum atomic E-state index is -5.19. The summed E-state index contributed by atoms with van der Waals surface area (Å²) >= 11 is 11.9. The number of H-pyrrole nitrogens is 1. The number of nitrogens with one attached hydrogen (secondary N) is 1. The van der Waals surface area contributed by atoms with Crippen molar-refractivity contribution >= 4 is 34.4 Å². The Morgan fingerprint density at radius 1 is 1.10 bits per heavy atom. The first-order valence-corrected chi connectivity index (χ1v) is 9.76. The lowest BCUT2D eigenvalue weighted by Crippen LogP contribution is -2.36. The minimum absolute atomic E-state index is 0.00102. The van der Waals surface area contributed by atoms with E-state index in [1.165, 1.54) is 0 Å². The zero-order valence-electron chi connectivity index (χ0n) is 16.5. The van der Waals surface area contributed by atoms with Gasteiger partial charge in [0.15, 0.2) is 0 Å². The first-order chi connectivity index (χ1) is 14.3. The molecule has 168 valence electrons. The summed E-state index contributed by atoms with van der Waals surface area (Å²) in [5, 5.41) is 7.91. The average molecular weight is 481 g/mol. The molecule has 1 heterocycles. The van der Waals surface area contributed by atoms with Crippen LogP contribution in [0.1, 0.15) is 57.8 Å². The highest BCUT2D eigenvalue weighted by atomic mass is 35.5. The zero-order chi connectivity index (χ0) is 23.8. The van der Waals surface area contributed by atoms with E-state index in [4.69, 9.17) is 23.2 Å². The molecule has 1 aromatic heterocycles. The van der Waals surface area contributed by atoms with Gasteiger partial charge in [0.25, 0.3) is 10.8 Å². The molecule has 2 aromatic rings. The molecule has 0 radical (unpaired) electrons. The van der Waals surface area contributed by atoms with Crippen LogP contribution in [-0.2, 0) is 26.1 Å². The molecule has 1 aromatic carbocycles. The molecular weight excluding hydrogens is 464 g/mol. The van der Waals surface area contributed by atoms with E-state index in [1.807, 2.05) is 0 Å². The number of hydrogen-bond donors (Lipinski definition) is 2. The molecule has 0 spiro atoms. The summed E-state index contributed by atoms with van der Waals surface area (Å²) in [7, 11) is 0.791. The zero-order valence-corrected chi connectivity index (χ0v) is 18.1. The SMILES string of the molecule is CCCc1c(Cl)c(C(=O)O)c(C(=O)Cl)c(-c2c(C(F)(F)F)n(C)c(=O)[nH]c2=O)c1CC.